The second-order valence-electron chi connectivity index (χ2n) is 8.81. The smallest absolute Gasteiger partial charge is 0.389 e. The third kappa shape index (κ3) is 3.73. The molecule has 1 unspecified atom stereocenters. The lowest BCUT2D eigenvalue weighted by molar-refractivity contribution is -0.110. The number of methoxy groups -OCH3 is 2. The minimum atomic E-state index is -0.305. The second-order valence-corrected chi connectivity index (χ2v) is 8.81. The van der Waals surface area contributed by atoms with E-state index in [0.29, 0.717) is 48.0 Å². The molecule has 2 aromatic carbocycles. The Balaban J connectivity index is 1.46. The van der Waals surface area contributed by atoms with Gasteiger partial charge in [-0.3, -0.25) is 9.59 Å². The Morgan fingerprint density at radius 1 is 1.20 bits per heavy atom. The van der Waals surface area contributed by atoms with Crippen molar-refractivity contribution in [3.63, 3.8) is 0 Å². The van der Waals surface area contributed by atoms with Gasteiger partial charge in [-0.2, -0.15) is 4.90 Å². The molecule has 0 radical (unpaired) electrons. The van der Waals surface area contributed by atoms with Crippen LogP contribution in [-0.4, -0.2) is 60.9 Å². The number of fused-ring (bicyclic) bond motifs is 4. The number of aliphatic hydroxyl groups is 1. The van der Waals surface area contributed by atoms with Crippen LogP contribution in [0.2, 0.25) is 0 Å². The highest BCUT2D eigenvalue weighted by atomic mass is 16.5. The van der Waals surface area contributed by atoms with Crippen molar-refractivity contribution in [1.82, 2.24) is 9.57 Å². The molecule has 2 N–H and O–H groups in total. The van der Waals surface area contributed by atoms with Gasteiger partial charge in [0, 0.05) is 25.1 Å². The number of amidine groups is 2. The number of hydrogen-bond donors (Lipinski definition) is 2. The molecule has 2 amide bonds. The van der Waals surface area contributed by atoms with Crippen molar-refractivity contribution in [2.75, 3.05) is 37.6 Å². The molecule has 0 aliphatic carbocycles. The number of aliphatic hydroxyl groups excluding tert-OH is 1. The van der Waals surface area contributed by atoms with Crippen LogP contribution in [0.4, 0.5) is 11.4 Å². The fourth-order valence-corrected chi connectivity index (χ4v) is 5.11. The molecule has 2 aromatic rings. The average Bonchev–Trinajstić information content (AvgIpc) is 2.85. The Kier molecular flexibility index (Phi) is 5.96. The van der Waals surface area contributed by atoms with Gasteiger partial charge >= 0.3 is 17.6 Å². The van der Waals surface area contributed by atoms with E-state index >= 15 is 0 Å². The second kappa shape index (κ2) is 9.09. The summed E-state index contributed by atoms with van der Waals surface area (Å²) in [6.45, 7) is 2.51. The minimum Gasteiger partial charge on any atom is -0.493 e. The highest BCUT2D eigenvalue weighted by Gasteiger charge is 2.46. The zero-order chi connectivity index (χ0) is 24.7. The van der Waals surface area contributed by atoms with Gasteiger partial charge < -0.3 is 24.8 Å². The number of anilines is 2. The van der Waals surface area contributed by atoms with Crippen LogP contribution >= 0.6 is 0 Å². The molecule has 182 valence electrons. The number of hydrogen-bond acceptors (Lipinski definition) is 6. The molecule has 0 spiro atoms. The average molecular weight is 478 g/mol. The molecule has 5 rings (SSSR count). The Bertz CT molecular complexity index is 1280. The van der Waals surface area contributed by atoms with E-state index in [4.69, 9.17) is 9.47 Å². The van der Waals surface area contributed by atoms with Gasteiger partial charge in [-0.25, -0.2) is 4.67 Å². The molecular weight excluding hydrogens is 448 g/mol. The van der Waals surface area contributed by atoms with Crippen molar-refractivity contribution in [3.8, 4) is 11.5 Å². The molecule has 0 aromatic heterocycles. The van der Waals surface area contributed by atoms with Crippen molar-refractivity contribution in [1.29, 1.82) is 0 Å². The number of nitrogens with zero attached hydrogens (tertiary/aromatic N) is 3. The Labute approximate surface area is 203 Å². The number of amides is 2. The van der Waals surface area contributed by atoms with Crippen molar-refractivity contribution < 1.29 is 24.2 Å². The van der Waals surface area contributed by atoms with Crippen LogP contribution in [-0.2, 0) is 11.2 Å². The maximum Gasteiger partial charge on any atom is 0.389 e. The van der Waals surface area contributed by atoms with E-state index in [0.717, 1.165) is 35.5 Å². The van der Waals surface area contributed by atoms with E-state index in [1.165, 1.54) is 0 Å². The minimum absolute atomic E-state index is 0.0599. The lowest BCUT2D eigenvalue weighted by atomic mass is 9.89. The van der Waals surface area contributed by atoms with E-state index < -0.39 is 0 Å². The molecule has 3 heterocycles. The monoisotopic (exact) mass is 477 g/mol. The molecule has 9 nitrogen and oxygen atoms in total. The van der Waals surface area contributed by atoms with E-state index in [2.05, 4.69) is 16.9 Å². The van der Waals surface area contributed by atoms with Crippen molar-refractivity contribution in [3.05, 3.63) is 47.0 Å². The van der Waals surface area contributed by atoms with Crippen LogP contribution < -0.4 is 24.4 Å². The fourth-order valence-electron chi connectivity index (χ4n) is 5.11. The molecule has 3 aliphatic rings. The summed E-state index contributed by atoms with van der Waals surface area (Å²) in [5.74, 6) is 2.06. The summed E-state index contributed by atoms with van der Waals surface area (Å²) in [4.78, 5) is 29.9. The van der Waals surface area contributed by atoms with Crippen molar-refractivity contribution in [2.24, 2.45) is 0 Å². The number of ether oxygens (including phenoxy) is 2. The number of carbonyl (C=O) groups is 2. The highest BCUT2D eigenvalue weighted by Crippen LogP contribution is 2.40. The predicted molar refractivity (Wildman–Crippen MR) is 133 cm³/mol. The highest BCUT2D eigenvalue weighted by molar-refractivity contribution is 6.56. The first-order valence-corrected chi connectivity index (χ1v) is 11.9. The number of nitrogens with one attached hydrogen (secondary N) is 1. The van der Waals surface area contributed by atoms with Crippen LogP contribution in [0.3, 0.4) is 0 Å². The quantitative estimate of drug-likeness (QED) is 0.593. The lowest BCUT2D eigenvalue weighted by Crippen LogP contribution is -2.56. The normalized spacial score (nSPS) is 17.8. The molecular formula is C26H29N4O5+. The first-order chi connectivity index (χ1) is 17.0. The zero-order valence-corrected chi connectivity index (χ0v) is 20.1. The van der Waals surface area contributed by atoms with Crippen molar-refractivity contribution in [2.45, 2.75) is 38.6 Å². The van der Waals surface area contributed by atoms with Crippen LogP contribution in [0.25, 0.3) is 0 Å². The van der Waals surface area contributed by atoms with E-state index in [9.17, 15) is 14.7 Å². The standard InChI is InChI=1S/C26H28N4O5/c1-4-5-23-28-24-25(32)27-18-12-16(6-7-20(18)30(23)24)26(33)29-10-8-15-13-21(34-2)22(35-3)14-17(15)19(29)9-11-31/h6-7,12-14,19,31H,4-5,8-11H2,1-3H3/p+1. The van der Waals surface area contributed by atoms with Crippen LogP contribution in [0.5, 0.6) is 11.5 Å². The molecule has 9 heteroatoms. The van der Waals surface area contributed by atoms with E-state index in [1.54, 1.807) is 31.3 Å². The van der Waals surface area contributed by atoms with Gasteiger partial charge in [-0.1, -0.05) is 6.92 Å². The molecule has 0 saturated carbocycles. The molecule has 0 bridgehead atoms. The number of carbonyl (C=O) groups excluding carboxylic acids is 2. The summed E-state index contributed by atoms with van der Waals surface area (Å²) in [7, 11) is 3.18. The van der Waals surface area contributed by atoms with Gasteiger partial charge in [0.05, 0.1) is 25.9 Å². The van der Waals surface area contributed by atoms with Gasteiger partial charge in [-0.05, 0) is 60.7 Å². The summed E-state index contributed by atoms with van der Waals surface area (Å²) in [5.41, 5.74) is 3.92. The molecule has 1 atom stereocenters. The maximum absolute atomic E-state index is 13.7. The van der Waals surface area contributed by atoms with Crippen LogP contribution in [0, 0.1) is 0 Å². The zero-order valence-electron chi connectivity index (χ0n) is 20.1. The van der Waals surface area contributed by atoms with Gasteiger partial charge in [-0.15, -0.1) is 0 Å². The summed E-state index contributed by atoms with van der Waals surface area (Å²) in [6.07, 6.45) is 2.77. The Hall–Kier alpha value is -3.81. The van der Waals surface area contributed by atoms with Gasteiger partial charge in [0.1, 0.15) is 5.69 Å². The lowest BCUT2D eigenvalue weighted by Gasteiger charge is -2.38. The summed E-state index contributed by atoms with van der Waals surface area (Å²) >= 11 is 0. The number of benzene rings is 2. The molecule has 0 saturated heterocycles. The molecule has 0 fully saturated rings. The van der Waals surface area contributed by atoms with Crippen LogP contribution in [0.15, 0.2) is 30.3 Å². The number of rotatable bonds is 7. The maximum atomic E-state index is 13.7. The SMILES string of the molecule is CCCC1=[N+]=C2C(=O)Nc3cc(C(=O)N4CCc5cc(OC)c(OC)cc5C4CCO)ccc3N12. The topological polar surface area (TPSA) is 105 Å². The van der Waals surface area contributed by atoms with Crippen LogP contribution in [0.1, 0.15) is 53.7 Å². The first kappa shape index (κ1) is 23.0. The summed E-state index contributed by atoms with van der Waals surface area (Å²) < 4.78 is 15.3. The Morgan fingerprint density at radius 2 is 1.97 bits per heavy atom. The summed E-state index contributed by atoms with van der Waals surface area (Å²) in [5, 5.41) is 12.7. The third-order valence-corrected chi connectivity index (χ3v) is 6.78. The fraction of sp³-hybridized carbons (Fsp3) is 0.385. The Morgan fingerprint density at radius 3 is 2.69 bits per heavy atom. The van der Waals surface area contributed by atoms with E-state index in [-0.39, 0.29) is 24.5 Å². The largest absolute Gasteiger partial charge is 0.493 e. The van der Waals surface area contributed by atoms with Crippen molar-refractivity contribution >= 4 is 34.9 Å². The first-order valence-electron chi connectivity index (χ1n) is 11.9. The predicted octanol–water partition coefficient (Wildman–Crippen LogP) is 2.26. The van der Waals surface area contributed by atoms with E-state index in [1.807, 2.05) is 23.1 Å². The van der Waals surface area contributed by atoms with Gasteiger partial charge in [0.25, 0.3) is 5.91 Å². The molecule has 3 aliphatic heterocycles. The summed E-state index contributed by atoms with van der Waals surface area (Å²) in [6, 6.07) is 8.92. The van der Waals surface area contributed by atoms with Gasteiger partial charge in [0.2, 0.25) is 0 Å². The molecule has 35 heavy (non-hydrogen) atoms. The van der Waals surface area contributed by atoms with Gasteiger partial charge in [0.15, 0.2) is 11.5 Å². The third-order valence-electron chi connectivity index (χ3n) is 6.78.